The summed E-state index contributed by atoms with van der Waals surface area (Å²) in [4.78, 5) is 6.38. The average Bonchev–Trinajstić information content (AvgIpc) is 3.64. The van der Waals surface area contributed by atoms with Gasteiger partial charge in [-0.05, 0) is 73.6 Å². The first-order valence-electron chi connectivity index (χ1n) is 16.5. The Morgan fingerprint density at radius 2 is 1.17 bits per heavy atom. The zero-order valence-corrected chi connectivity index (χ0v) is 26.9. The molecule has 1 N–H and O–H groups in total. The van der Waals surface area contributed by atoms with Gasteiger partial charge in [0.1, 0.15) is 0 Å². The van der Waals surface area contributed by atoms with Crippen LogP contribution in [-0.4, -0.2) is 20.3 Å². The zero-order chi connectivity index (χ0) is 30.9. The minimum atomic E-state index is -2.59. The Bertz CT molecular complexity index is 2610. The van der Waals surface area contributed by atoms with Crippen molar-refractivity contribution in [3.8, 4) is 22.3 Å². The Kier molecular flexibility index (Phi) is 4.92. The van der Waals surface area contributed by atoms with Crippen LogP contribution in [0.5, 0.6) is 0 Å². The summed E-state index contributed by atoms with van der Waals surface area (Å²) in [6.07, 6.45) is 0. The van der Waals surface area contributed by atoms with E-state index < -0.39 is 8.07 Å². The molecule has 3 aliphatic heterocycles. The van der Waals surface area contributed by atoms with E-state index in [9.17, 15) is 0 Å². The van der Waals surface area contributed by atoms with Crippen molar-refractivity contribution in [3.05, 3.63) is 151 Å². The fourth-order valence-electron chi connectivity index (χ4n) is 9.14. The molecular formula is C43H28BN2Si. The zero-order valence-electron chi connectivity index (χ0n) is 25.9. The summed E-state index contributed by atoms with van der Waals surface area (Å²) in [7, 11) is -0.130. The Morgan fingerprint density at radius 3 is 2.00 bits per heavy atom. The maximum absolute atomic E-state index is 3.78. The van der Waals surface area contributed by atoms with Crippen molar-refractivity contribution >= 4 is 85.9 Å². The third kappa shape index (κ3) is 3.11. The van der Waals surface area contributed by atoms with Crippen LogP contribution in [0.3, 0.4) is 0 Å². The molecule has 0 amide bonds. The van der Waals surface area contributed by atoms with E-state index in [4.69, 9.17) is 0 Å². The second kappa shape index (κ2) is 9.03. The largest absolute Gasteiger partial charge is 0.354 e. The second-order valence-electron chi connectivity index (χ2n) is 13.2. The third-order valence-electron chi connectivity index (χ3n) is 10.9. The Labute approximate surface area is 275 Å². The molecule has 8 aromatic rings. The van der Waals surface area contributed by atoms with Gasteiger partial charge >= 0.3 is 0 Å². The summed E-state index contributed by atoms with van der Waals surface area (Å²) < 4.78 is 0. The number of para-hydroxylation sites is 4. The molecule has 217 valence electrons. The standard InChI is InChI=1S/C43H28BN2Si/c1-26-24-32(31-16-10-15-30-27-12-2-5-18-34(27)45-42(30)31)41-36(25-26)46-35-19-6-9-22-39(35)47(40-23-11-17-33(44-41)43(40)46)37-20-7-3-13-28(37)29-14-4-8-21-38(29)47/h2-25,45H,1H3. The number of H-pyrrole nitrogens is 1. The van der Waals surface area contributed by atoms with Crippen molar-refractivity contribution in [1.82, 2.24) is 4.98 Å². The molecular weight excluding hydrogens is 583 g/mol. The fraction of sp³-hybridized carbons (Fsp3) is 0.0233. The highest BCUT2D eigenvalue weighted by Crippen LogP contribution is 2.43. The molecule has 0 saturated heterocycles. The lowest BCUT2D eigenvalue weighted by Gasteiger charge is -2.47. The molecule has 0 bridgehead atoms. The molecule has 0 unspecified atom stereocenters. The molecule has 47 heavy (non-hydrogen) atoms. The lowest BCUT2D eigenvalue weighted by atomic mass is 9.58. The van der Waals surface area contributed by atoms with Crippen molar-refractivity contribution in [2.75, 3.05) is 4.90 Å². The Balaban J connectivity index is 1.23. The monoisotopic (exact) mass is 611 g/mol. The highest BCUT2D eigenvalue weighted by atomic mass is 28.3. The van der Waals surface area contributed by atoms with Crippen molar-refractivity contribution in [1.29, 1.82) is 0 Å². The molecule has 1 aromatic heterocycles. The number of hydrogen-bond acceptors (Lipinski definition) is 1. The lowest BCUT2D eigenvalue weighted by Crippen LogP contribution is -2.76. The van der Waals surface area contributed by atoms with Crippen molar-refractivity contribution in [3.63, 3.8) is 0 Å². The summed E-state index contributed by atoms with van der Waals surface area (Å²) in [5.74, 6) is 0. The number of nitrogens with one attached hydrogen (secondary N) is 1. The van der Waals surface area contributed by atoms with Crippen LogP contribution in [0, 0.1) is 6.92 Å². The van der Waals surface area contributed by atoms with Gasteiger partial charge in [0, 0.05) is 38.9 Å². The summed E-state index contributed by atoms with van der Waals surface area (Å²) in [6.45, 7) is 2.24. The fourth-order valence-corrected chi connectivity index (χ4v) is 14.7. The molecule has 3 aliphatic rings. The predicted octanol–water partition coefficient (Wildman–Crippen LogP) is 6.41. The van der Waals surface area contributed by atoms with Gasteiger partial charge in [-0.25, -0.2) is 0 Å². The van der Waals surface area contributed by atoms with Crippen LogP contribution < -0.4 is 36.6 Å². The summed E-state index contributed by atoms with van der Waals surface area (Å²) >= 11 is 0. The van der Waals surface area contributed by atoms with E-state index in [1.54, 1.807) is 0 Å². The summed E-state index contributed by atoms with van der Waals surface area (Å²) in [6, 6.07) is 54.9. The van der Waals surface area contributed by atoms with Crippen LogP contribution in [0.2, 0.25) is 0 Å². The summed E-state index contributed by atoms with van der Waals surface area (Å²) in [5.41, 5.74) is 15.4. The van der Waals surface area contributed by atoms with Gasteiger partial charge in [-0.3, -0.25) is 0 Å². The molecule has 11 rings (SSSR count). The molecule has 4 heteroatoms. The van der Waals surface area contributed by atoms with Crippen LogP contribution in [0.4, 0.5) is 17.1 Å². The maximum atomic E-state index is 3.78. The van der Waals surface area contributed by atoms with Gasteiger partial charge in [-0.2, -0.15) is 0 Å². The van der Waals surface area contributed by atoms with Gasteiger partial charge in [0.15, 0.2) is 15.4 Å². The van der Waals surface area contributed by atoms with E-state index >= 15 is 0 Å². The normalized spacial score (nSPS) is 14.4. The van der Waals surface area contributed by atoms with E-state index in [0.717, 1.165) is 0 Å². The van der Waals surface area contributed by atoms with Crippen LogP contribution in [-0.2, 0) is 0 Å². The van der Waals surface area contributed by atoms with Gasteiger partial charge in [0.25, 0.3) is 0 Å². The number of benzene rings is 7. The Hall–Kier alpha value is -5.58. The molecule has 0 atom stereocenters. The van der Waals surface area contributed by atoms with Crippen LogP contribution in [0.25, 0.3) is 44.1 Å². The number of aryl methyl sites for hydroxylation is 1. The van der Waals surface area contributed by atoms with Gasteiger partial charge in [-0.15, -0.1) is 0 Å². The first-order chi connectivity index (χ1) is 23.2. The SMILES string of the molecule is Cc1cc(-c2cccc3c2[nH]c2ccccc23)c2c(c1)N1c3ccccc3[Si]3(c4ccccc4-c4ccccc43)c3cccc(c31)[B]2. The number of fused-ring (bicyclic) bond motifs is 14. The van der Waals surface area contributed by atoms with Gasteiger partial charge in [0.2, 0.25) is 0 Å². The maximum Gasteiger partial charge on any atom is 0.197 e. The number of nitrogens with zero attached hydrogens (tertiary/aromatic N) is 1. The van der Waals surface area contributed by atoms with Gasteiger partial charge in [0.05, 0.1) is 5.52 Å². The van der Waals surface area contributed by atoms with Gasteiger partial charge in [-0.1, -0.05) is 133 Å². The molecule has 0 aliphatic carbocycles. The van der Waals surface area contributed by atoms with Crippen LogP contribution in [0.1, 0.15) is 5.56 Å². The quantitative estimate of drug-likeness (QED) is 0.213. The first kappa shape index (κ1) is 25.6. The van der Waals surface area contributed by atoms with Crippen molar-refractivity contribution < 1.29 is 0 Å². The van der Waals surface area contributed by atoms with Crippen LogP contribution >= 0.6 is 0 Å². The number of aromatic amines is 1. The third-order valence-corrected chi connectivity index (χ3v) is 15.8. The smallest absolute Gasteiger partial charge is 0.197 e. The Morgan fingerprint density at radius 1 is 0.532 bits per heavy atom. The minimum absolute atomic E-state index is 1.17. The molecule has 7 aromatic carbocycles. The molecule has 0 saturated carbocycles. The van der Waals surface area contributed by atoms with E-state index in [0.29, 0.717) is 0 Å². The van der Waals surface area contributed by atoms with E-state index in [-0.39, 0.29) is 0 Å². The molecule has 1 spiro atoms. The second-order valence-corrected chi connectivity index (χ2v) is 16.9. The topological polar surface area (TPSA) is 19.0 Å². The molecule has 2 nitrogen and oxygen atoms in total. The number of aromatic nitrogens is 1. The first-order valence-corrected chi connectivity index (χ1v) is 18.5. The van der Waals surface area contributed by atoms with E-state index in [2.05, 4.69) is 170 Å². The highest BCUT2D eigenvalue weighted by Gasteiger charge is 2.54. The molecule has 0 fully saturated rings. The summed E-state index contributed by atoms with van der Waals surface area (Å²) in [5, 5.41) is 8.49. The van der Waals surface area contributed by atoms with Crippen LogP contribution in [0.15, 0.2) is 146 Å². The van der Waals surface area contributed by atoms with Crippen molar-refractivity contribution in [2.45, 2.75) is 6.92 Å². The van der Waals surface area contributed by atoms with E-state index in [1.807, 2.05) is 0 Å². The van der Waals surface area contributed by atoms with Crippen molar-refractivity contribution in [2.24, 2.45) is 0 Å². The number of rotatable bonds is 1. The average molecular weight is 612 g/mol. The molecule has 1 radical (unpaired) electrons. The van der Waals surface area contributed by atoms with E-state index in [1.165, 1.54) is 98.4 Å². The van der Waals surface area contributed by atoms with Gasteiger partial charge < -0.3 is 9.88 Å². The predicted molar refractivity (Wildman–Crippen MR) is 202 cm³/mol. The number of hydrogen-bond donors (Lipinski definition) is 1. The lowest BCUT2D eigenvalue weighted by molar-refractivity contribution is 1.29. The minimum Gasteiger partial charge on any atom is -0.354 e. The number of anilines is 3. The molecule has 4 heterocycles. The highest BCUT2D eigenvalue weighted by molar-refractivity contribution is 7.23.